The molecule has 0 fully saturated rings. The quantitative estimate of drug-likeness (QED) is 0.558. The number of thiazole rings is 1. The summed E-state index contributed by atoms with van der Waals surface area (Å²) in [6.07, 6.45) is 1.76. The topological polar surface area (TPSA) is 58.5 Å². The van der Waals surface area contributed by atoms with Gasteiger partial charge in [0, 0.05) is 25.4 Å². The maximum Gasteiger partial charge on any atom is 0.191 e. The Balaban J connectivity index is 1.69. The lowest BCUT2D eigenvalue weighted by atomic mass is 10.3. The maximum absolute atomic E-state index is 12.9. The zero-order chi connectivity index (χ0) is 18.1. The Morgan fingerprint density at radius 1 is 1.32 bits per heavy atom. The molecule has 2 rings (SSSR count). The summed E-state index contributed by atoms with van der Waals surface area (Å²) in [6, 6.07) is 6.02. The highest BCUT2D eigenvalue weighted by Gasteiger charge is 2.06. The van der Waals surface area contributed by atoms with Crippen molar-refractivity contribution in [2.24, 2.45) is 4.99 Å². The van der Waals surface area contributed by atoms with Crippen molar-refractivity contribution in [1.82, 2.24) is 15.6 Å². The number of benzene rings is 1. The van der Waals surface area contributed by atoms with Crippen LogP contribution >= 0.6 is 11.3 Å². The summed E-state index contributed by atoms with van der Waals surface area (Å²) in [4.78, 5) is 8.75. The summed E-state index contributed by atoms with van der Waals surface area (Å²) < 4.78 is 18.6. The number of rotatable bonds is 8. The minimum atomic E-state index is -0.270. The van der Waals surface area contributed by atoms with Crippen LogP contribution in [0.1, 0.15) is 24.5 Å². The van der Waals surface area contributed by atoms with Gasteiger partial charge in [0.2, 0.25) is 0 Å². The van der Waals surface area contributed by atoms with Crippen molar-refractivity contribution < 1.29 is 9.13 Å². The highest BCUT2D eigenvalue weighted by atomic mass is 32.1. The van der Waals surface area contributed by atoms with Gasteiger partial charge in [-0.05, 0) is 37.6 Å². The average molecular weight is 364 g/mol. The zero-order valence-electron chi connectivity index (χ0n) is 14.9. The number of guanidine groups is 1. The molecular formula is C18H25FN4OS. The highest BCUT2D eigenvalue weighted by molar-refractivity contribution is 7.09. The Labute approximate surface area is 152 Å². The van der Waals surface area contributed by atoms with Crippen LogP contribution in [-0.2, 0) is 12.8 Å². The molecule has 1 unspecified atom stereocenters. The van der Waals surface area contributed by atoms with E-state index in [0.29, 0.717) is 12.3 Å². The molecule has 0 aliphatic heterocycles. The van der Waals surface area contributed by atoms with Gasteiger partial charge in [0.1, 0.15) is 17.7 Å². The molecular weight excluding hydrogens is 339 g/mol. The number of ether oxygens (including phenoxy) is 1. The van der Waals surface area contributed by atoms with Crippen LogP contribution in [0.5, 0.6) is 5.75 Å². The molecule has 2 N–H and O–H groups in total. The number of aliphatic imine (C=N–C) groups is 1. The van der Waals surface area contributed by atoms with Gasteiger partial charge in [-0.25, -0.2) is 9.37 Å². The van der Waals surface area contributed by atoms with Crippen molar-refractivity contribution in [3.8, 4) is 5.75 Å². The Kier molecular flexibility index (Phi) is 7.66. The molecule has 5 nitrogen and oxygen atoms in total. The predicted molar refractivity (Wildman–Crippen MR) is 101 cm³/mol. The fourth-order valence-electron chi connectivity index (χ4n) is 2.18. The predicted octanol–water partition coefficient (Wildman–Crippen LogP) is 3.02. The van der Waals surface area contributed by atoms with Gasteiger partial charge in [0.15, 0.2) is 5.96 Å². The number of aryl methyl sites for hydroxylation is 1. The standard InChI is InChI=1S/C18H25FN4OS/c1-4-17-23-15(12-25-17)9-10-21-18(20-3)22-11-13(2)24-16-7-5-14(19)6-8-16/h5-8,12-13H,4,9-11H2,1-3H3,(H2,20,21,22). The second kappa shape index (κ2) is 9.98. The molecule has 136 valence electrons. The van der Waals surface area contributed by atoms with Gasteiger partial charge in [-0.15, -0.1) is 11.3 Å². The minimum absolute atomic E-state index is 0.0744. The molecule has 1 aromatic carbocycles. The van der Waals surface area contributed by atoms with Crippen molar-refractivity contribution in [3.05, 3.63) is 46.2 Å². The Morgan fingerprint density at radius 2 is 2.08 bits per heavy atom. The lowest BCUT2D eigenvalue weighted by Gasteiger charge is -2.17. The van der Waals surface area contributed by atoms with E-state index in [1.807, 2.05) is 6.92 Å². The molecule has 1 atom stereocenters. The second-order valence-electron chi connectivity index (χ2n) is 5.60. The molecule has 1 heterocycles. The van der Waals surface area contributed by atoms with Crippen LogP contribution in [0.25, 0.3) is 0 Å². The van der Waals surface area contributed by atoms with Gasteiger partial charge in [-0.2, -0.15) is 0 Å². The van der Waals surface area contributed by atoms with Crippen LogP contribution < -0.4 is 15.4 Å². The number of hydrogen-bond acceptors (Lipinski definition) is 4. The van der Waals surface area contributed by atoms with Gasteiger partial charge >= 0.3 is 0 Å². The number of nitrogens with zero attached hydrogens (tertiary/aromatic N) is 2. The SMILES string of the molecule is CCc1nc(CCNC(=NC)NCC(C)Oc2ccc(F)cc2)cs1. The first-order chi connectivity index (χ1) is 12.1. The number of hydrogen-bond donors (Lipinski definition) is 2. The summed E-state index contributed by atoms with van der Waals surface area (Å²) in [5.74, 6) is 1.10. The van der Waals surface area contributed by atoms with Gasteiger partial charge < -0.3 is 15.4 Å². The van der Waals surface area contributed by atoms with E-state index < -0.39 is 0 Å². The van der Waals surface area contributed by atoms with E-state index in [4.69, 9.17) is 4.74 Å². The first-order valence-corrected chi connectivity index (χ1v) is 9.28. The van der Waals surface area contributed by atoms with Gasteiger partial charge in [-0.1, -0.05) is 6.92 Å². The molecule has 0 saturated heterocycles. The third-order valence-corrected chi connectivity index (χ3v) is 4.55. The van der Waals surface area contributed by atoms with Crippen LogP contribution in [0.3, 0.4) is 0 Å². The smallest absolute Gasteiger partial charge is 0.191 e. The summed E-state index contributed by atoms with van der Waals surface area (Å²) in [5, 5.41) is 9.77. The van der Waals surface area contributed by atoms with Gasteiger partial charge in [0.05, 0.1) is 17.2 Å². The maximum atomic E-state index is 12.9. The molecule has 0 aliphatic rings. The first-order valence-electron chi connectivity index (χ1n) is 8.40. The minimum Gasteiger partial charge on any atom is -0.489 e. The van der Waals surface area contributed by atoms with E-state index in [9.17, 15) is 4.39 Å². The lowest BCUT2D eigenvalue weighted by molar-refractivity contribution is 0.223. The average Bonchev–Trinajstić information content (AvgIpc) is 3.08. The Morgan fingerprint density at radius 3 is 2.72 bits per heavy atom. The third-order valence-electron chi connectivity index (χ3n) is 3.51. The molecule has 1 aromatic heterocycles. The van der Waals surface area contributed by atoms with Crippen LogP contribution in [0.15, 0.2) is 34.6 Å². The van der Waals surface area contributed by atoms with E-state index in [1.54, 1.807) is 30.5 Å². The fraction of sp³-hybridized carbons (Fsp3) is 0.444. The van der Waals surface area contributed by atoms with Crippen molar-refractivity contribution in [2.75, 3.05) is 20.1 Å². The Hall–Kier alpha value is -2.15. The van der Waals surface area contributed by atoms with E-state index >= 15 is 0 Å². The molecule has 0 saturated carbocycles. The summed E-state index contributed by atoms with van der Waals surface area (Å²) in [5.41, 5.74) is 1.11. The van der Waals surface area contributed by atoms with Crippen molar-refractivity contribution in [2.45, 2.75) is 32.8 Å². The second-order valence-corrected chi connectivity index (χ2v) is 6.54. The van der Waals surface area contributed by atoms with E-state index in [2.05, 4.69) is 32.9 Å². The van der Waals surface area contributed by atoms with Crippen molar-refractivity contribution in [3.63, 3.8) is 0 Å². The molecule has 2 aromatic rings. The zero-order valence-corrected chi connectivity index (χ0v) is 15.7. The van der Waals surface area contributed by atoms with Crippen LogP contribution in [0.4, 0.5) is 4.39 Å². The Bertz CT molecular complexity index is 672. The van der Waals surface area contributed by atoms with Gasteiger partial charge in [0.25, 0.3) is 0 Å². The van der Waals surface area contributed by atoms with Gasteiger partial charge in [-0.3, -0.25) is 4.99 Å². The van der Waals surface area contributed by atoms with Crippen LogP contribution in [0, 0.1) is 5.82 Å². The third kappa shape index (κ3) is 6.70. The molecule has 0 bridgehead atoms. The molecule has 0 spiro atoms. The summed E-state index contributed by atoms with van der Waals surface area (Å²) in [6.45, 7) is 5.42. The molecule has 0 radical (unpaired) electrons. The van der Waals surface area contributed by atoms with E-state index in [-0.39, 0.29) is 11.9 Å². The monoisotopic (exact) mass is 364 g/mol. The van der Waals surface area contributed by atoms with E-state index in [1.165, 1.54) is 17.1 Å². The molecule has 25 heavy (non-hydrogen) atoms. The largest absolute Gasteiger partial charge is 0.489 e. The fourth-order valence-corrected chi connectivity index (χ4v) is 2.96. The normalized spacial score (nSPS) is 12.7. The highest BCUT2D eigenvalue weighted by Crippen LogP contribution is 2.12. The van der Waals surface area contributed by atoms with E-state index in [0.717, 1.165) is 31.0 Å². The molecule has 0 aliphatic carbocycles. The van der Waals surface area contributed by atoms with Crippen LogP contribution in [0.2, 0.25) is 0 Å². The van der Waals surface area contributed by atoms with Crippen LogP contribution in [-0.4, -0.2) is 37.2 Å². The van der Waals surface area contributed by atoms with Crippen molar-refractivity contribution >= 4 is 17.3 Å². The first kappa shape index (κ1) is 19.2. The molecule has 0 amide bonds. The summed E-state index contributed by atoms with van der Waals surface area (Å²) in [7, 11) is 1.73. The number of halogens is 1. The molecule has 7 heteroatoms. The number of nitrogens with one attached hydrogen (secondary N) is 2. The lowest BCUT2D eigenvalue weighted by Crippen LogP contribution is -2.42. The van der Waals surface area contributed by atoms with Crippen molar-refractivity contribution in [1.29, 1.82) is 0 Å². The summed E-state index contributed by atoms with van der Waals surface area (Å²) >= 11 is 1.71. The number of aromatic nitrogens is 1.